The second-order valence-electron chi connectivity index (χ2n) is 5.56. The van der Waals surface area contributed by atoms with Gasteiger partial charge in [0.2, 0.25) is 0 Å². The predicted octanol–water partition coefficient (Wildman–Crippen LogP) is 2.77. The van der Waals surface area contributed by atoms with Crippen molar-refractivity contribution in [3.8, 4) is 0 Å². The van der Waals surface area contributed by atoms with Crippen LogP contribution in [0.4, 0.5) is 5.82 Å². The van der Waals surface area contributed by atoms with E-state index in [-0.39, 0.29) is 30.7 Å². The molecule has 2 rings (SSSR count). The second kappa shape index (κ2) is 12.4. The lowest BCUT2D eigenvalue weighted by Crippen LogP contribution is -2.26. The van der Waals surface area contributed by atoms with Crippen molar-refractivity contribution < 1.29 is 4.79 Å². The minimum absolute atomic E-state index is 0. The number of carbonyl (C=O) groups excluding carboxylic acids is 1. The summed E-state index contributed by atoms with van der Waals surface area (Å²) in [7, 11) is 0. The van der Waals surface area contributed by atoms with E-state index in [1.54, 1.807) is 6.20 Å². The van der Waals surface area contributed by atoms with E-state index in [1.807, 2.05) is 12.1 Å². The van der Waals surface area contributed by atoms with E-state index in [0.29, 0.717) is 18.7 Å². The molecule has 7 heteroatoms. The monoisotopic (exact) mass is 362 g/mol. The maximum Gasteiger partial charge on any atom is 0.252 e. The molecule has 1 saturated heterocycles. The highest BCUT2D eigenvalue weighted by Crippen LogP contribution is 2.17. The van der Waals surface area contributed by atoms with E-state index in [1.165, 1.54) is 25.7 Å². The minimum Gasteiger partial charge on any atom is -0.357 e. The second-order valence-corrected chi connectivity index (χ2v) is 5.56. The Morgan fingerprint density at radius 3 is 2.39 bits per heavy atom. The van der Waals surface area contributed by atoms with Crippen molar-refractivity contribution in [1.29, 1.82) is 0 Å². The van der Waals surface area contributed by atoms with Crippen LogP contribution in [0, 0.1) is 0 Å². The molecule has 2 heterocycles. The van der Waals surface area contributed by atoms with Crippen molar-refractivity contribution in [3.05, 3.63) is 23.9 Å². The van der Waals surface area contributed by atoms with Crippen LogP contribution in [0.25, 0.3) is 0 Å². The highest BCUT2D eigenvalue weighted by molar-refractivity contribution is 5.94. The van der Waals surface area contributed by atoms with Crippen LogP contribution < -0.4 is 16.0 Å². The standard InChI is InChI=1S/C16H26N4O.2ClH/c17-9-3-4-10-18-16(21)14-7-8-15(19-13-14)20-11-5-1-2-6-12-20;;/h7-8,13H,1-6,9-12,17H2,(H,18,21);2*1H. The molecular formula is C16H28Cl2N4O. The number of nitrogens with zero attached hydrogens (tertiary/aromatic N) is 2. The van der Waals surface area contributed by atoms with Crippen molar-refractivity contribution >= 4 is 36.5 Å². The summed E-state index contributed by atoms with van der Waals surface area (Å²) >= 11 is 0. The Balaban J connectivity index is 0.00000242. The van der Waals surface area contributed by atoms with Crippen LogP contribution in [-0.2, 0) is 0 Å². The Morgan fingerprint density at radius 2 is 1.83 bits per heavy atom. The SMILES string of the molecule is Cl.Cl.NCCCCNC(=O)c1ccc(N2CCCCCC2)nc1. The van der Waals surface area contributed by atoms with Crippen LogP contribution >= 0.6 is 24.8 Å². The molecule has 0 unspecified atom stereocenters. The van der Waals surface area contributed by atoms with Gasteiger partial charge in [0.05, 0.1) is 5.56 Å². The Labute approximate surface area is 151 Å². The number of hydrogen-bond donors (Lipinski definition) is 2. The third-order valence-electron chi connectivity index (χ3n) is 3.86. The quantitative estimate of drug-likeness (QED) is 0.763. The third-order valence-corrected chi connectivity index (χ3v) is 3.86. The lowest BCUT2D eigenvalue weighted by atomic mass is 10.2. The van der Waals surface area contributed by atoms with Crippen LogP contribution in [0.15, 0.2) is 18.3 Å². The molecule has 1 amide bonds. The van der Waals surface area contributed by atoms with Crippen LogP contribution in [-0.4, -0.2) is 37.1 Å². The zero-order valence-electron chi connectivity index (χ0n) is 13.5. The van der Waals surface area contributed by atoms with Crippen LogP contribution in [0.3, 0.4) is 0 Å². The summed E-state index contributed by atoms with van der Waals surface area (Å²) in [6.07, 6.45) is 8.60. The maximum absolute atomic E-state index is 12.0. The van der Waals surface area contributed by atoms with Crippen LogP contribution in [0.5, 0.6) is 0 Å². The number of nitrogens with two attached hydrogens (primary N) is 1. The first-order chi connectivity index (χ1) is 10.3. The van der Waals surface area contributed by atoms with Gasteiger partial charge in [0.1, 0.15) is 5.82 Å². The van der Waals surface area contributed by atoms with E-state index >= 15 is 0 Å². The molecule has 0 bridgehead atoms. The summed E-state index contributed by atoms with van der Waals surface area (Å²) in [5.74, 6) is 0.929. The summed E-state index contributed by atoms with van der Waals surface area (Å²) in [5, 5.41) is 2.89. The Morgan fingerprint density at radius 1 is 1.13 bits per heavy atom. The average Bonchev–Trinajstić information content (AvgIpc) is 2.81. The number of nitrogens with one attached hydrogen (secondary N) is 1. The smallest absolute Gasteiger partial charge is 0.252 e. The molecular weight excluding hydrogens is 335 g/mol. The van der Waals surface area contributed by atoms with Gasteiger partial charge in [-0.2, -0.15) is 0 Å². The van der Waals surface area contributed by atoms with Gasteiger partial charge in [-0.25, -0.2) is 4.98 Å². The van der Waals surface area contributed by atoms with Crippen molar-refractivity contribution in [2.75, 3.05) is 31.1 Å². The topological polar surface area (TPSA) is 71.2 Å². The fourth-order valence-corrected chi connectivity index (χ4v) is 2.58. The Kier molecular flexibility index (Phi) is 11.8. The highest BCUT2D eigenvalue weighted by Gasteiger charge is 2.12. The van der Waals surface area contributed by atoms with E-state index in [9.17, 15) is 4.79 Å². The number of anilines is 1. The molecule has 0 radical (unpaired) electrons. The molecule has 0 saturated carbocycles. The lowest BCUT2D eigenvalue weighted by molar-refractivity contribution is 0.0952. The number of aromatic nitrogens is 1. The fourth-order valence-electron chi connectivity index (χ4n) is 2.58. The average molecular weight is 363 g/mol. The van der Waals surface area contributed by atoms with E-state index < -0.39 is 0 Å². The minimum atomic E-state index is -0.0538. The number of pyridine rings is 1. The first-order valence-electron chi connectivity index (χ1n) is 8.00. The van der Waals surface area contributed by atoms with Gasteiger partial charge in [-0.15, -0.1) is 24.8 Å². The molecule has 23 heavy (non-hydrogen) atoms. The largest absolute Gasteiger partial charge is 0.357 e. The first-order valence-corrected chi connectivity index (χ1v) is 8.00. The molecule has 0 atom stereocenters. The summed E-state index contributed by atoms with van der Waals surface area (Å²) < 4.78 is 0. The van der Waals surface area contributed by atoms with Crippen molar-refractivity contribution in [3.63, 3.8) is 0 Å². The number of halogens is 2. The van der Waals surface area contributed by atoms with Gasteiger partial charge in [-0.1, -0.05) is 12.8 Å². The van der Waals surface area contributed by atoms with Crippen LogP contribution in [0.2, 0.25) is 0 Å². The zero-order valence-corrected chi connectivity index (χ0v) is 15.1. The number of rotatable bonds is 6. The van der Waals surface area contributed by atoms with Gasteiger partial charge >= 0.3 is 0 Å². The van der Waals surface area contributed by atoms with Crippen molar-refractivity contribution in [2.45, 2.75) is 38.5 Å². The Hall–Kier alpha value is -1.04. The molecule has 1 aromatic rings. The van der Waals surface area contributed by atoms with Gasteiger partial charge in [0, 0.05) is 25.8 Å². The lowest BCUT2D eigenvalue weighted by Gasteiger charge is -2.21. The maximum atomic E-state index is 12.0. The van der Waals surface area contributed by atoms with Crippen molar-refractivity contribution in [1.82, 2.24) is 10.3 Å². The summed E-state index contributed by atoms with van der Waals surface area (Å²) in [5.41, 5.74) is 6.05. The molecule has 132 valence electrons. The molecule has 3 N–H and O–H groups in total. The number of amides is 1. The zero-order chi connectivity index (χ0) is 14.9. The molecule has 1 aliphatic heterocycles. The predicted molar refractivity (Wildman–Crippen MR) is 100 cm³/mol. The van der Waals surface area contributed by atoms with E-state index in [4.69, 9.17) is 5.73 Å². The number of carbonyl (C=O) groups is 1. The molecule has 0 spiro atoms. The fraction of sp³-hybridized carbons (Fsp3) is 0.625. The van der Waals surface area contributed by atoms with E-state index in [0.717, 1.165) is 31.7 Å². The van der Waals surface area contributed by atoms with Gasteiger partial charge in [-0.05, 0) is 44.4 Å². The summed E-state index contributed by atoms with van der Waals surface area (Å²) in [4.78, 5) is 18.7. The molecule has 1 aromatic heterocycles. The summed E-state index contributed by atoms with van der Waals surface area (Å²) in [6, 6.07) is 3.83. The first kappa shape index (κ1) is 22.0. The third kappa shape index (κ3) is 7.38. The molecule has 0 aliphatic carbocycles. The van der Waals surface area contributed by atoms with Gasteiger partial charge in [0.25, 0.3) is 5.91 Å². The van der Waals surface area contributed by atoms with E-state index in [2.05, 4.69) is 15.2 Å². The molecule has 1 fully saturated rings. The van der Waals surface area contributed by atoms with Gasteiger partial charge in [-0.3, -0.25) is 4.79 Å². The number of hydrogen-bond acceptors (Lipinski definition) is 4. The van der Waals surface area contributed by atoms with Gasteiger partial charge < -0.3 is 16.0 Å². The Bertz CT molecular complexity index is 434. The summed E-state index contributed by atoms with van der Waals surface area (Å²) in [6.45, 7) is 3.47. The van der Waals surface area contributed by atoms with Crippen molar-refractivity contribution in [2.24, 2.45) is 5.73 Å². The molecule has 0 aromatic carbocycles. The van der Waals surface area contributed by atoms with Gasteiger partial charge in [0.15, 0.2) is 0 Å². The normalized spacial score (nSPS) is 14.2. The molecule has 5 nitrogen and oxygen atoms in total. The molecule has 1 aliphatic rings. The number of unbranched alkanes of at least 4 members (excludes halogenated alkanes) is 1. The highest BCUT2D eigenvalue weighted by atomic mass is 35.5. The van der Waals surface area contributed by atoms with Crippen LogP contribution in [0.1, 0.15) is 48.9 Å².